The van der Waals surface area contributed by atoms with Gasteiger partial charge in [0.15, 0.2) is 5.82 Å². The molecule has 0 saturated carbocycles. The van der Waals surface area contributed by atoms with Crippen molar-refractivity contribution in [3.05, 3.63) is 41.0 Å². The van der Waals surface area contributed by atoms with E-state index in [0.717, 1.165) is 31.5 Å². The number of carbonyl (C=O) groups excluding carboxylic acids is 1. The predicted octanol–water partition coefficient (Wildman–Crippen LogP) is 1.63. The summed E-state index contributed by atoms with van der Waals surface area (Å²) in [7, 11) is 0. The molecule has 10 nitrogen and oxygen atoms in total. The van der Waals surface area contributed by atoms with Gasteiger partial charge in [-0.2, -0.15) is 18.4 Å². The first-order chi connectivity index (χ1) is 17.3. The molecule has 1 aromatic heterocycles. The Morgan fingerprint density at radius 2 is 1.89 bits per heavy atom. The maximum Gasteiger partial charge on any atom is 0.430 e. The van der Waals surface area contributed by atoms with Gasteiger partial charge >= 0.3 is 12.1 Å². The molecule has 0 bridgehead atoms. The Morgan fingerprint density at radius 1 is 1.27 bits per heavy atom. The minimum atomic E-state index is -5.19. The molecule has 37 heavy (non-hydrogen) atoms. The Bertz CT molecular complexity index is 1010. The normalized spacial score (nSPS) is 16.6. The number of nitrogens with one attached hydrogen (secondary N) is 1. The van der Waals surface area contributed by atoms with Gasteiger partial charge in [0, 0.05) is 24.1 Å². The molecular weight excluding hydrogens is 500 g/mol. The number of benzene rings is 1. The fourth-order valence-electron chi connectivity index (χ4n) is 4.14. The van der Waals surface area contributed by atoms with Crippen LogP contribution in [0.4, 0.5) is 17.6 Å². The zero-order valence-corrected chi connectivity index (χ0v) is 20.5. The zero-order valence-electron chi connectivity index (χ0n) is 20.5. The molecule has 1 fully saturated rings. The number of tetrazole rings is 1. The summed E-state index contributed by atoms with van der Waals surface area (Å²) in [6.45, 7) is 6.25. The Balaban J connectivity index is 0.000000604. The van der Waals surface area contributed by atoms with Crippen LogP contribution in [0.3, 0.4) is 0 Å². The van der Waals surface area contributed by atoms with Crippen LogP contribution < -0.4 is 10.8 Å². The number of rotatable bonds is 9. The van der Waals surface area contributed by atoms with Crippen LogP contribution in [-0.2, 0) is 22.6 Å². The molecule has 2 heterocycles. The highest BCUT2D eigenvalue weighted by molar-refractivity contribution is 5.71. The molecule has 4 N–H and O–H groups in total. The predicted molar refractivity (Wildman–Crippen MR) is 121 cm³/mol. The smallest absolute Gasteiger partial charge is 0.430 e. The van der Waals surface area contributed by atoms with Gasteiger partial charge in [-0.3, -0.25) is 9.69 Å². The lowest BCUT2D eigenvalue weighted by molar-refractivity contribution is -0.344. The monoisotopic (exact) mass is 531 g/mol. The maximum atomic E-state index is 14.8. The Labute approximate surface area is 211 Å². The lowest BCUT2D eigenvalue weighted by atomic mass is 9.81. The van der Waals surface area contributed by atoms with Crippen molar-refractivity contribution in [3.8, 4) is 0 Å². The number of aromatic amines is 1. The van der Waals surface area contributed by atoms with E-state index in [1.54, 1.807) is 6.07 Å². The molecule has 0 unspecified atom stereocenters. The van der Waals surface area contributed by atoms with Gasteiger partial charge in [-0.15, -0.1) is 10.2 Å². The summed E-state index contributed by atoms with van der Waals surface area (Å²) in [5, 5.41) is 32.6. The SMILES string of the molecule is CC(C)C[C@H](C(=O)O)[C@H](Cc1ccc(CN2CCC(N)CC2)c(F)c1)c1nn[nH]n1.O=C([O-])C(F)(F)F. The molecule has 1 aliphatic rings. The van der Waals surface area contributed by atoms with Gasteiger partial charge in [0.25, 0.3) is 0 Å². The van der Waals surface area contributed by atoms with Crippen molar-refractivity contribution in [1.82, 2.24) is 25.5 Å². The molecule has 0 radical (unpaired) electrons. The van der Waals surface area contributed by atoms with Crippen LogP contribution in [0.1, 0.15) is 56.0 Å². The van der Waals surface area contributed by atoms with E-state index < -0.39 is 30.0 Å². The number of aliphatic carboxylic acids is 2. The zero-order chi connectivity index (χ0) is 27.8. The lowest BCUT2D eigenvalue weighted by Gasteiger charge is -2.30. The fraction of sp³-hybridized carbons (Fsp3) is 0.609. The van der Waals surface area contributed by atoms with Crippen LogP contribution in [0.25, 0.3) is 0 Å². The number of H-pyrrole nitrogens is 1. The number of likely N-dealkylation sites (tertiary alicyclic amines) is 1. The third kappa shape index (κ3) is 9.69. The van der Waals surface area contributed by atoms with Crippen LogP contribution in [0.15, 0.2) is 18.2 Å². The number of aromatic nitrogens is 4. The Hall–Kier alpha value is -3.13. The molecule has 2 atom stereocenters. The van der Waals surface area contributed by atoms with Crippen LogP contribution >= 0.6 is 0 Å². The second-order valence-electron chi connectivity index (χ2n) is 9.48. The van der Waals surface area contributed by atoms with E-state index in [-0.39, 0.29) is 17.8 Å². The first kappa shape index (κ1) is 30.1. The summed E-state index contributed by atoms with van der Waals surface area (Å²) in [5.74, 6) is -4.81. The van der Waals surface area contributed by atoms with Crippen LogP contribution in [0.5, 0.6) is 0 Å². The van der Waals surface area contributed by atoms with E-state index in [1.165, 1.54) is 6.07 Å². The summed E-state index contributed by atoms with van der Waals surface area (Å²) in [6.07, 6.45) is -2.53. The maximum absolute atomic E-state index is 14.8. The first-order valence-electron chi connectivity index (χ1n) is 11.8. The molecule has 2 aromatic rings. The number of hydrogen-bond donors (Lipinski definition) is 3. The molecule has 1 aromatic carbocycles. The number of carbonyl (C=O) groups is 2. The van der Waals surface area contributed by atoms with Crippen molar-refractivity contribution in [3.63, 3.8) is 0 Å². The van der Waals surface area contributed by atoms with Crippen molar-refractivity contribution in [2.24, 2.45) is 17.6 Å². The van der Waals surface area contributed by atoms with Gasteiger partial charge in [-0.1, -0.05) is 31.2 Å². The van der Waals surface area contributed by atoms with Gasteiger partial charge in [0.2, 0.25) is 0 Å². The number of carboxylic acid groups (broad SMARTS) is 2. The Kier molecular flexibility index (Phi) is 10.9. The first-order valence-corrected chi connectivity index (χ1v) is 11.8. The quantitative estimate of drug-likeness (QED) is 0.409. The minimum Gasteiger partial charge on any atom is -0.542 e. The summed E-state index contributed by atoms with van der Waals surface area (Å²) >= 11 is 0. The van der Waals surface area contributed by atoms with E-state index in [4.69, 9.17) is 15.6 Å². The summed E-state index contributed by atoms with van der Waals surface area (Å²) in [4.78, 5) is 23.0. The average molecular weight is 532 g/mol. The van der Waals surface area contributed by atoms with Crippen molar-refractivity contribution in [2.75, 3.05) is 13.1 Å². The molecule has 0 amide bonds. The van der Waals surface area contributed by atoms with Gasteiger partial charge < -0.3 is 20.7 Å². The van der Waals surface area contributed by atoms with E-state index in [9.17, 15) is 27.5 Å². The van der Waals surface area contributed by atoms with Gasteiger partial charge in [-0.05, 0) is 56.3 Å². The highest BCUT2D eigenvalue weighted by Crippen LogP contribution is 2.31. The number of nitrogens with zero attached hydrogens (tertiary/aromatic N) is 4. The highest BCUT2D eigenvalue weighted by atomic mass is 19.4. The number of hydrogen-bond acceptors (Lipinski definition) is 8. The van der Waals surface area contributed by atoms with Gasteiger partial charge in [-0.25, -0.2) is 4.39 Å². The number of piperidine rings is 1. The lowest BCUT2D eigenvalue weighted by Crippen LogP contribution is -2.39. The summed E-state index contributed by atoms with van der Waals surface area (Å²) in [6, 6.07) is 5.41. The number of alkyl halides is 3. The second kappa shape index (κ2) is 13.4. The van der Waals surface area contributed by atoms with E-state index in [0.29, 0.717) is 30.8 Å². The third-order valence-corrected chi connectivity index (χ3v) is 6.05. The summed E-state index contributed by atoms with van der Waals surface area (Å²) in [5.41, 5.74) is 7.31. The van der Waals surface area contributed by atoms with Crippen LogP contribution in [0, 0.1) is 17.7 Å². The largest absolute Gasteiger partial charge is 0.542 e. The van der Waals surface area contributed by atoms with Crippen molar-refractivity contribution in [2.45, 2.75) is 64.2 Å². The second-order valence-corrected chi connectivity index (χ2v) is 9.48. The standard InChI is InChI=1S/C21H31FN6O2.C2HF3O2/c1-13(2)9-18(21(29)30)17(20-24-26-27-25-20)10-14-3-4-15(19(22)11-14)12-28-7-5-16(23)6-8-28;3-2(4,5)1(6)7/h3-4,11,13,16-18H,5-10,12,23H2,1-2H3,(H,29,30)(H,24,25,26,27);(H,6,7)/p-1/t17-,18-;/m0./s1. The van der Waals surface area contributed by atoms with Crippen molar-refractivity contribution < 1.29 is 37.4 Å². The molecular formula is C23H31F4N6O4-. The number of nitrogens with two attached hydrogens (primary N) is 1. The van der Waals surface area contributed by atoms with Gasteiger partial charge in [0.1, 0.15) is 11.8 Å². The molecule has 3 rings (SSSR count). The molecule has 206 valence electrons. The Morgan fingerprint density at radius 3 is 2.35 bits per heavy atom. The van der Waals surface area contributed by atoms with E-state index in [1.807, 2.05) is 19.9 Å². The molecule has 0 aliphatic carbocycles. The number of halogens is 4. The number of carboxylic acids is 2. The molecule has 14 heteroatoms. The summed E-state index contributed by atoms with van der Waals surface area (Å²) < 4.78 is 46.4. The fourth-order valence-corrected chi connectivity index (χ4v) is 4.14. The molecule has 1 aliphatic heterocycles. The van der Waals surface area contributed by atoms with Gasteiger partial charge in [0.05, 0.1) is 5.92 Å². The topological polar surface area (TPSA) is 161 Å². The van der Waals surface area contributed by atoms with E-state index in [2.05, 4.69) is 25.5 Å². The van der Waals surface area contributed by atoms with E-state index >= 15 is 0 Å². The highest BCUT2D eigenvalue weighted by Gasteiger charge is 2.33. The van der Waals surface area contributed by atoms with Crippen LogP contribution in [-0.4, -0.2) is 67.9 Å². The van der Waals surface area contributed by atoms with Crippen molar-refractivity contribution >= 4 is 11.9 Å². The van der Waals surface area contributed by atoms with Crippen molar-refractivity contribution in [1.29, 1.82) is 0 Å². The third-order valence-electron chi connectivity index (χ3n) is 6.05. The average Bonchev–Trinajstić information content (AvgIpc) is 3.33. The molecule has 0 spiro atoms. The van der Waals surface area contributed by atoms with Crippen LogP contribution in [0.2, 0.25) is 0 Å². The molecule has 1 saturated heterocycles. The minimum absolute atomic E-state index is 0.192.